The van der Waals surface area contributed by atoms with Gasteiger partial charge < -0.3 is 9.88 Å². The van der Waals surface area contributed by atoms with E-state index in [1.807, 2.05) is 18.4 Å². The number of rotatable bonds is 5. The van der Waals surface area contributed by atoms with E-state index in [2.05, 4.69) is 5.32 Å². The van der Waals surface area contributed by atoms with Gasteiger partial charge in [0.2, 0.25) is 0 Å². The van der Waals surface area contributed by atoms with Crippen LogP contribution in [0.4, 0.5) is 4.39 Å². The van der Waals surface area contributed by atoms with Crippen molar-refractivity contribution in [1.29, 1.82) is 0 Å². The number of nitrogens with one attached hydrogen (secondary N) is 1. The molecule has 0 saturated heterocycles. The predicted molar refractivity (Wildman–Crippen MR) is 89.9 cm³/mol. The van der Waals surface area contributed by atoms with Crippen molar-refractivity contribution >= 4 is 11.7 Å². The lowest BCUT2D eigenvalue weighted by Crippen LogP contribution is -2.28. The molecule has 1 N–H and O–H groups in total. The quantitative estimate of drug-likeness (QED) is 0.856. The number of benzene rings is 1. The lowest BCUT2D eigenvalue weighted by Gasteiger charge is -2.12. The first-order chi connectivity index (χ1) is 11.4. The van der Waals surface area contributed by atoms with Crippen molar-refractivity contribution < 1.29 is 14.0 Å². The summed E-state index contributed by atoms with van der Waals surface area (Å²) in [4.78, 5) is 24.7. The molecule has 1 aliphatic rings. The lowest BCUT2D eigenvalue weighted by atomic mass is 10.1. The number of amides is 1. The smallest absolute Gasteiger partial charge is 0.268 e. The minimum Gasteiger partial charge on any atom is -0.348 e. The third-order valence-corrected chi connectivity index (χ3v) is 4.50. The minimum atomic E-state index is -0.296. The van der Waals surface area contributed by atoms with Crippen molar-refractivity contribution in [3.05, 3.63) is 58.2 Å². The maximum absolute atomic E-state index is 13.1. The Labute approximate surface area is 140 Å². The molecule has 3 rings (SSSR count). The van der Waals surface area contributed by atoms with Gasteiger partial charge in [-0.25, -0.2) is 4.39 Å². The van der Waals surface area contributed by atoms with Gasteiger partial charge in [0.1, 0.15) is 11.5 Å². The van der Waals surface area contributed by atoms with Crippen molar-refractivity contribution in [3.8, 4) is 0 Å². The molecule has 0 atom stereocenters. The molecule has 1 heterocycles. The first kappa shape index (κ1) is 16.4. The molecule has 1 amide bonds. The Morgan fingerprint density at radius 1 is 1.21 bits per heavy atom. The molecular weight excluding hydrogens is 307 g/mol. The Hall–Kier alpha value is -2.43. The van der Waals surface area contributed by atoms with Crippen molar-refractivity contribution in [2.45, 2.75) is 46.2 Å². The molecule has 0 unspecified atom stereocenters. The molecule has 0 radical (unpaired) electrons. The second-order valence-corrected chi connectivity index (χ2v) is 6.45. The SMILES string of the molecule is CC(=O)c1c(C)c(C(=O)NC2CC2)n(Cc2ccc(F)cc2)c1C. The van der Waals surface area contributed by atoms with E-state index in [0.29, 0.717) is 23.4 Å². The minimum absolute atomic E-state index is 0.0525. The average Bonchev–Trinajstić information content (AvgIpc) is 3.28. The van der Waals surface area contributed by atoms with E-state index in [1.54, 1.807) is 12.1 Å². The monoisotopic (exact) mass is 328 g/mol. The van der Waals surface area contributed by atoms with E-state index in [9.17, 15) is 14.0 Å². The van der Waals surface area contributed by atoms with Gasteiger partial charge >= 0.3 is 0 Å². The van der Waals surface area contributed by atoms with E-state index in [-0.39, 0.29) is 23.5 Å². The molecule has 0 bridgehead atoms. The van der Waals surface area contributed by atoms with E-state index >= 15 is 0 Å². The number of Topliss-reactive ketones (excluding diaryl/α,β-unsaturated/α-hetero) is 1. The third-order valence-electron chi connectivity index (χ3n) is 4.50. The molecule has 24 heavy (non-hydrogen) atoms. The molecule has 1 aromatic carbocycles. The van der Waals surface area contributed by atoms with Crippen LogP contribution in [0, 0.1) is 19.7 Å². The maximum Gasteiger partial charge on any atom is 0.268 e. The zero-order chi connectivity index (χ0) is 17.4. The summed E-state index contributed by atoms with van der Waals surface area (Å²) in [6, 6.07) is 6.43. The van der Waals surface area contributed by atoms with Crippen LogP contribution in [0.25, 0.3) is 0 Å². The fourth-order valence-corrected chi connectivity index (χ4v) is 3.16. The number of nitrogens with zero attached hydrogens (tertiary/aromatic N) is 1. The Morgan fingerprint density at radius 2 is 1.83 bits per heavy atom. The predicted octanol–water partition coefficient (Wildman–Crippen LogP) is 3.39. The summed E-state index contributed by atoms with van der Waals surface area (Å²) < 4.78 is 15.0. The van der Waals surface area contributed by atoms with Gasteiger partial charge in [-0.1, -0.05) is 12.1 Å². The van der Waals surface area contributed by atoms with E-state index in [0.717, 1.165) is 24.1 Å². The first-order valence-electron chi connectivity index (χ1n) is 8.14. The van der Waals surface area contributed by atoms with Crippen LogP contribution in [0.1, 0.15) is 57.4 Å². The molecule has 1 fully saturated rings. The van der Waals surface area contributed by atoms with Gasteiger partial charge in [0.15, 0.2) is 5.78 Å². The number of hydrogen-bond acceptors (Lipinski definition) is 2. The number of hydrogen-bond donors (Lipinski definition) is 1. The van der Waals surface area contributed by atoms with Gasteiger partial charge in [-0.15, -0.1) is 0 Å². The van der Waals surface area contributed by atoms with Crippen LogP contribution in [0.5, 0.6) is 0 Å². The Balaban J connectivity index is 2.04. The van der Waals surface area contributed by atoms with Crippen LogP contribution in [0.3, 0.4) is 0 Å². The van der Waals surface area contributed by atoms with Gasteiger partial charge in [-0.3, -0.25) is 9.59 Å². The number of halogens is 1. The molecule has 2 aromatic rings. The Bertz CT molecular complexity index is 802. The van der Waals surface area contributed by atoms with Gasteiger partial charge in [0.25, 0.3) is 5.91 Å². The highest BCUT2D eigenvalue weighted by Crippen LogP contribution is 2.26. The maximum atomic E-state index is 13.1. The summed E-state index contributed by atoms with van der Waals surface area (Å²) in [7, 11) is 0. The van der Waals surface area contributed by atoms with Crippen molar-refractivity contribution in [2.24, 2.45) is 0 Å². The number of ketones is 1. The highest BCUT2D eigenvalue weighted by Gasteiger charge is 2.29. The van der Waals surface area contributed by atoms with E-state index in [4.69, 9.17) is 0 Å². The first-order valence-corrected chi connectivity index (χ1v) is 8.14. The summed E-state index contributed by atoms with van der Waals surface area (Å²) in [6.45, 7) is 5.60. The zero-order valence-corrected chi connectivity index (χ0v) is 14.1. The lowest BCUT2D eigenvalue weighted by molar-refractivity contribution is 0.0941. The van der Waals surface area contributed by atoms with Crippen LogP contribution in [0.15, 0.2) is 24.3 Å². The third kappa shape index (κ3) is 3.11. The zero-order valence-electron chi connectivity index (χ0n) is 14.1. The highest BCUT2D eigenvalue weighted by molar-refractivity contribution is 6.03. The van der Waals surface area contributed by atoms with Crippen LogP contribution < -0.4 is 5.32 Å². The van der Waals surface area contributed by atoms with Gasteiger partial charge in [-0.05, 0) is 56.9 Å². The Morgan fingerprint density at radius 3 is 2.38 bits per heavy atom. The van der Waals surface area contributed by atoms with E-state index in [1.165, 1.54) is 19.1 Å². The second kappa shape index (κ2) is 6.23. The van der Waals surface area contributed by atoms with E-state index < -0.39 is 0 Å². The molecule has 1 aromatic heterocycles. The van der Waals surface area contributed by atoms with Gasteiger partial charge in [0, 0.05) is 23.8 Å². The van der Waals surface area contributed by atoms with Crippen molar-refractivity contribution in [3.63, 3.8) is 0 Å². The summed E-state index contributed by atoms with van der Waals surface area (Å²) in [5, 5.41) is 2.99. The number of aromatic nitrogens is 1. The normalized spacial score (nSPS) is 13.8. The molecule has 1 aliphatic carbocycles. The average molecular weight is 328 g/mol. The fraction of sp³-hybridized carbons (Fsp3) is 0.368. The molecule has 5 heteroatoms. The van der Waals surface area contributed by atoms with Crippen molar-refractivity contribution in [2.75, 3.05) is 0 Å². The summed E-state index contributed by atoms with van der Waals surface area (Å²) in [5.41, 5.74) is 3.47. The second-order valence-electron chi connectivity index (χ2n) is 6.45. The van der Waals surface area contributed by atoms with Crippen LogP contribution in [0.2, 0.25) is 0 Å². The number of carbonyl (C=O) groups excluding carboxylic acids is 2. The van der Waals surface area contributed by atoms with Gasteiger partial charge in [0.05, 0.1) is 0 Å². The molecule has 4 nitrogen and oxygen atoms in total. The molecule has 0 spiro atoms. The summed E-state index contributed by atoms with van der Waals surface area (Å²) in [6.07, 6.45) is 2.00. The summed E-state index contributed by atoms with van der Waals surface area (Å²) >= 11 is 0. The number of carbonyl (C=O) groups is 2. The Kier molecular flexibility index (Phi) is 4.26. The topological polar surface area (TPSA) is 51.1 Å². The molecule has 126 valence electrons. The highest BCUT2D eigenvalue weighted by atomic mass is 19.1. The molecule has 0 aliphatic heterocycles. The fourth-order valence-electron chi connectivity index (χ4n) is 3.16. The largest absolute Gasteiger partial charge is 0.348 e. The molecular formula is C19H21FN2O2. The standard InChI is InChI=1S/C19H21FN2O2/c1-11-17(13(3)23)12(2)22(10-14-4-6-15(20)7-5-14)18(11)19(24)21-16-8-9-16/h4-7,16H,8-10H2,1-3H3,(H,21,24). The van der Waals surface area contributed by atoms with Gasteiger partial charge in [-0.2, -0.15) is 0 Å². The van der Waals surface area contributed by atoms with Crippen LogP contribution in [-0.2, 0) is 6.54 Å². The molecule has 1 saturated carbocycles. The van der Waals surface area contributed by atoms with Crippen LogP contribution in [-0.4, -0.2) is 22.3 Å². The summed E-state index contributed by atoms with van der Waals surface area (Å²) in [5.74, 6) is -0.494. The van der Waals surface area contributed by atoms with Crippen molar-refractivity contribution in [1.82, 2.24) is 9.88 Å². The van der Waals surface area contributed by atoms with Crippen LogP contribution >= 0.6 is 0 Å².